The molecule has 19 heavy (non-hydrogen) atoms. The minimum Gasteiger partial charge on any atom is -0.481 e. The summed E-state index contributed by atoms with van der Waals surface area (Å²) in [5.41, 5.74) is -0.219. The smallest absolute Gasteiger partial charge is 0.306 e. The molecule has 1 aliphatic rings. The average Bonchev–Trinajstić information content (AvgIpc) is 2.84. The second-order valence-corrected chi connectivity index (χ2v) is 4.64. The standard InChI is InChI=1S/C13H13F2NO3/c14-9-2-1-3-10(11(9)15)16-12(17)7-4-5-8(6-7)13(18)19/h1-3,7-8H,4-6H2,(H,16,17)(H,18,19). The molecular weight excluding hydrogens is 256 g/mol. The molecule has 1 saturated carbocycles. The lowest BCUT2D eigenvalue weighted by Crippen LogP contribution is -2.22. The van der Waals surface area contributed by atoms with E-state index in [1.807, 2.05) is 0 Å². The fourth-order valence-electron chi connectivity index (χ4n) is 2.28. The molecule has 2 N–H and O–H groups in total. The summed E-state index contributed by atoms with van der Waals surface area (Å²) in [6.07, 6.45) is 1.11. The minimum absolute atomic E-state index is 0.219. The maximum Gasteiger partial charge on any atom is 0.306 e. The quantitative estimate of drug-likeness (QED) is 0.885. The molecule has 0 saturated heterocycles. The minimum atomic E-state index is -1.11. The monoisotopic (exact) mass is 269 g/mol. The SMILES string of the molecule is O=C(O)C1CCC(C(=O)Nc2cccc(F)c2F)C1. The molecule has 1 aliphatic carbocycles. The van der Waals surface area contributed by atoms with E-state index < -0.39 is 35.3 Å². The van der Waals surface area contributed by atoms with E-state index in [9.17, 15) is 18.4 Å². The predicted molar refractivity (Wildman–Crippen MR) is 63.5 cm³/mol. The Bertz CT molecular complexity index is 519. The van der Waals surface area contributed by atoms with Crippen molar-refractivity contribution in [2.24, 2.45) is 11.8 Å². The Labute approximate surface area is 108 Å². The Morgan fingerprint density at radius 2 is 1.89 bits per heavy atom. The van der Waals surface area contributed by atoms with Crippen molar-refractivity contribution < 1.29 is 23.5 Å². The van der Waals surface area contributed by atoms with Gasteiger partial charge in [0.05, 0.1) is 11.6 Å². The van der Waals surface area contributed by atoms with Gasteiger partial charge in [-0.25, -0.2) is 8.78 Å². The highest BCUT2D eigenvalue weighted by atomic mass is 19.2. The fraction of sp³-hybridized carbons (Fsp3) is 0.385. The summed E-state index contributed by atoms with van der Waals surface area (Å²) in [6.45, 7) is 0. The Balaban J connectivity index is 2.02. The maximum absolute atomic E-state index is 13.4. The van der Waals surface area contributed by atoms with Gasteiger partial charge in [0.15, 0.2) is 11.6 Å². The van der Waals surface area contributed by atoms with Gasteiger partial charge in [-0.05, 0) is 31.4 Å². The van der Waals surface area contributed by atoms with Gasteiger partial charge in [0.25, 0.3) is 0 Å². The van der Waals surface area contributed by atoms with Crippen molar-refractivity contribution in [2.75, 3.05) is 5.32 Å². The highest BCUT2D eigenvalue weighted by Gasteiger charge is 2.34. The number of nitrogens with one attached hydrogen (secondary N) is 1. The Kier molecular flexibility index (Phi) is 3.78. The van der Waals surface area contributed by atoms with Gasteiger partial charge in [-0.1, -0.05) is 6.07 Å². The summed E-state index contributed by atoms with van der Waals surface area (Å²) in [6, 6.07) is 3.52. The molecule has 0 heterocycles. The second-order valence-electron chi connectivity index (χ2n) is 4.64. The number of carboxylic acids is 1. The fourth-order valence-corrected chi connectivity index (χ4v) is 2.28. The van der Waals surface area contributed by atoms with Crippen LogP contribution in [0.25, 0.3) is 0 Å². The van der Waals surface area contributed by atoms with Crippen LogP contribution in [0.15, 0.2) is 18.2 Å². The van der Waals surface area contributed by atoms with Crippen molar-refractivity contribution in [3.8, 4) is 0 Å². The van der Waals surface area contributed by atoms with Crippen LogP contribution in [-0.4, -0.2) is 17.0 Å². The summed E-state index contributed by atoms with van der Waals surface area (Å²) in [4.78, 5) is 22.6. The lowest BCUT2D eigenvalue weighted by Gasteiger charge is -2.11. The van der Waals surface area contributed by atoms with Crippen LogP contribution in [-0.2, 0) is 9.59 Å². The largest absolute Gasteiger partial charge is 0.481 e. The summed E-state index contributed by atoms with van der Waals surface area (Å²) < 4.78 is 26.3. The zero-order valence-electron chi connectivity index (χ0n) is 10.0. The first-order chi connectivity index (χ1) is 8.99. The number of carbonyl (C=O) groups excluding carboxylic acids is 1. The van der Waals surface area contributed by atoms with Crippen LogP contribution in [0.2, 0.25) is 0 Å². The number of halogens is 2. The van der Waals surface area contributed by atoms with Crippen molar-refractivity contribution in [3.05, 3.63) is 29.8 Å². The molecule has 4 nitrogen and oxygen atoms in total. The van der Waals surface area contributed by atoms with Crippen molar-refractivity contribution in [2.45, 2.75) is 19.3 Å². The maximum atomic E-state index is 13.4. The van der Waals surface area contributed by atoms with E-state index >= 15 is 0 Å². The molecular formula is C13H13F2NO3. The zero-order chi connectivity index (χ0) is 14.0. The average molecular weight is 269 g/mol. The topological polar surface area (TPSA) is 66.4 Å². The summed E-state index contributed by atoms with van der Waals surface area (Å²) in [5, 5.41) is 11.1. The number of hydrogen-bond donors (Lipinski definition) is 2. The van der Waals surface area contributed by atoms with E-state index in [1.54, 1.807) is 0 Å². The molecule has 2 atom stereocenters. The molecule has 0 aromatic heterocycles. The molecule has 1 amide bonds. The van der Waals surface area contributed by atoms with Crippen molar-refractivity contribution in [3.63, 3.8) is 0 Å². The van der Waals surface area contributed by atoms with Gasteiger partial charge in [0.1, 0.15) is 0 Å². The number of amides is 1. The third-order valence-electron chi connectivity index (χ3n) is 3.36. The second kappa shape index (κ2) is 5.34. The lowest BCUT2D eigenvalue weighted by molar-refractivity contribution is -0.141. The molecule has 0 aliphatic heterocycles. The van der Waals surface area contributed by atoms with Crippen LogP contribution in [0.3, 0.4) is 0 Å². The first-order valence-corrected chi connectivity index (χ1v) is 5.96. The molecule has 0 spiro atoms. The molecule has 1 aromatic carbocycles. The number of aliphatic carboxylic acids is 1. The molecule has 2 rings (SSSR count). The Hall–Kier alpha value is -1.98. The van der Waals surface area contributed by atoms with Gasteiger partial charge >= 0.3 is 5.97 Å². The number of rotatable bonds is 3. The van der Waals surface area contributed by atoms with Gasteiger partial charge in [0, 0.05) is 5.92 Å². The molecule has 2 unspecified atom stereocenters. The van der Waals surface area contributed by atoms with Crippen LogP contribution < -0.4 is 5.32 Å². The van der Waals surface area contributed by atoms with Crippen molar-refractivity contribution in [1.82, 2.24) is 0 Å². The first kappa shape index (κ1) is 13.5. The van der Waals surface area contributed by atoms with Crippen LogP contribution >= 0.6 is 0 Å². The number of anilines is 1. The van der Waals surface area contributed by atoms with E-state index in [1.165, 1.54) is 12.1 Å². The van der Waals surface area contributed by atoms with Crippen LogP contribution in [0.5, 0.6) is 0 Å². The highest BCUT2D eigenvalue weighted by molar-refractivity contribution is 5.93. The molecule has 6 heteroatoms. The van der Waals surface area contributed by atoms with Gasteiger partial charge in [-0.3, -0.25) is 9.59 Å². The Morgan fingerprint density at radius 1 is 1.21 bits per heavy atom. The van der Waals surface area contributed by atoms with E-state index in [2.05, 4.69) is 5.32 Å². The van der Waals surface area contributed by atoms with E-state index in [0.29, 0.717) is 12.8 Å². The van der Waals surface area contributed by atoms with E-state index in [4.69, 9.17) is 5.11 Å². The third kappa shape index (κ3) is 2.89. The van der Waals surface area contributed by atoms with E-state index in [-0.39, 0.29) is 12.1 Å². The molecule has 1 aromatic rings. The normalized spacial score (nSPS) is 22.2. The van der Waals surface area contributed by atoms with Gasteiger partial charge < -0.3 is 10.4 Å². The van der Waals surface area contributed by atoms with E-state index in [0.717, 1.165) is 6.07 Å². The first-order valence-electron chi connectivity index (χ1n) is 5.96. The van der Waals surface area contributed by atoms with Crippen LogP contribution in [0, 0.1) is 23.5 Å². The predicted octanol–water partition coefficient (Wildman–Crippen LogP) is 2.40. The molecule has 1 fully saturated rings. The molecule has 0 bridgehead atoms. The number of carboxylic acid groups (broad SMARTS) is 1. The zero-order valence-corrected chi connectivity index (χ0v) is 10.0. The lowest BCUT2D eigenvalue weighted by atomic mass is 10.0. The van der Waals surface area contributed by atoms with Crippen LogP contribution in [0.4, 0.5) is 14.5 Å². The number of carbonyl (C=O) groups is 2. The van der Waals surface area contributed by atoms with Gasteiger partial charge in [-0.15, -0.1) is 0 Å². The highest BCUT2D eigenvalue weighted by Crippen LogP contribution is 2.32. The van der Waals surface area contributed by atoms with Gasteiger partial charge in [0.2, 0.25) is 5.91 Å². The number of hydrogen-bond acceptors (Lipinski definition) is 2. The van der Waals surface area contributed by atoms with Crippen molar-refractivity contribution >= 4 is 17.6 Å². The summed E-state index contributed by atoms with van der Waals surface area (Å²) >= 11 is 0. The molecule has 0 radical (unpaired) electrons. The van der Waals surface area contributed by atoms with Gasteiger partial charge in [-0.2, -0.15) is 0 Å². The third-order valence-corrected chi connectivity index (χ3v) is 3.36. The summed E-state index contributed by atoms with van der Waals surface area (Å²) in [7, 11) is 0. The molecule has 102 valence electrons. The number of benzene rings is 1. The van der Waals surface area contributed by atoms with Crippen LogP contribution in [0.1, 0.15) is 19.3 Å². The Morgan fingerprint density at radius 3 is 2.53 bits per heavy atom. The van der Waals surface area contributed by atoms with Crippen molar-refractivity contribution in [1.29, 1.82) is 0 Å². The summed E-state index contributed by atoms with van der Waals surface area (Å²) in [5.74, 6) is -4.53.